The van der Waals surface area contributed by atoms with E-state index in [1.54, 1.807) is 0 Å². The fourth-order valence-corrected chi connectivity index (χ4v) is 13.4. The molecule has 0 aromatic rings. The number of carbonyl (C=O) groups excluding carboxylic acids is 1. The SMILES string of the molecule is CC(C)(O)[C@@H]1CC[C@](C)([C@H]2[C@@H](O)C[C@@]3(C)C4C[C@H](OC(=O)[C@@H](CCCNCl)NCl)[C@H]5C(C)(C)[C@@H](O)CC[C@@]56C[C@@]46CC[C@]23C)O1. The molecule has 0 aromatic carbocycles. The second-order valence-electron chi connectivity index (χ2n) is 18.0. The number of esters is 1. The number of fused-ring (bicyclic) bond motifs is 2. The first-order chi connectivity index (χ1) is 20.9. The Labute approximate surface area is 280 Å². The van der Waals surface area contributed by atoms with Crippen LogP contribution in [0.3, 0.4) is 0 Å². The number of aliphatic hydroxyl groups is 3. The van der Waals surface area contributed by atoms with Crippen LogP contribution in [0.15, 0.2) is 0 Å². The van der Waals surface area contributed by atoms with Gasteiger partial charge in [-0.05, 0) is 148 Å². The minimum Gasteiger partial charge on any atom is -0.461 e. The Morgan fingerprint density at radius 2 is 1.71 bits per heavy atom. The van der Waals surface area contributed by atoms with Crippen LogP contribution in [0.4, 0.5) is 0 Å². The van der Waals surface area contributed by atoms with Gasteiger partial charge in [-0.1, -0.05) is 27.7 Å². The van der Waals surface area contributed by atoms with E-state index in [1.807, 2.05) is 13.8 Å². The van der Waals surface area contributed by atoms with Crippen LogP contribution in [0.1, 0.15) is 119 Å². The average Bonchev–Trinajstić information content (AvgIpc) is 3.31. The predicted molar refractivity (Wildman–Crippen MR) is 174 cm³/mol. The maximum absolute atomic E-state index is 13.7. The molecule has 1 aliphatic heterocycles. The summed E-state index contributed by atoms with van der Waals surface area (Å²) in [7, 11) is 0. The van der Waals surface area contributed by atoms with Gasteiger partial charge in [-0.25, -0.2) is 9.67 Å². The molecule has 0 aromatic heterocycles. The topological polar surface area (TPSA) is 120 Å². The third kappa shape index (κ3) is 4.84. The largest absolute Gasteiger partial charge is 0.461 e. The van der Waals surface area contributed by atoms with E-state index in [1.165, 1.54) is 0 Å². The van der Waals surface area contributed by atoms with Gasteiger partial charge < -0.3 is 24.8 Å². The smallest absolute Gasteiger partial charge is 0.324 e. The zero-order chi connectivity index (χ0) is 33.0. The lowest BCUT2D eigenvalue weighted by Gasteiger charge is -2.64. The van der Waals surface area contributed by atoms with Crippen molar-refractivity contribution in [3.05, 3.63) is 0 Å². The average molecular weight is 674 g/mol. The van der Waals surface area contributed by atoms with Crippen molar-refractivity contribution in [1.29, 1.82) is 0 Å². The second kappa shape index (κ2) is 11.2. The molecule has 258 valence electrons. The quantitative estimate of drug-likeness (QED) is 0.122. The highest BCUT2D eigenvalue weighted by molar-refractivity contribution is 6.14. The molecule has 0 amide bonds. The molecule has 6 rings (SSSR count). The first-order valence-corrected chi connectivity index (χ1v) is 18.3. The Bertz CT molecular complexity index is 1170. The van der Waals surface area contributed by atoms with Gasteiger partial charge in [0.25, 0.3) is 0 Å². The number of hydrogen-bond acceptors (Lipinski definition) is 8. The number of halogens is 2. The van der Waals surface area contributed by atoms with E-state index in [-0.39, 0.29) is 57.6 Å². The van der Waals surface area contributed by atoms with E-state index < -0.39 is 34.9 Å². The number of carbonyl (C=O) groups is 1. The molecule has 0 bridgehead atoms. The van der Waals surface area contributed by atoms with Crippen molar-refractivity contribution in [2.24, 2.45) is 44.8 Å². The minimum absolute atomic E-state index is 0.00315. The third-order valence-electron chi connectivity index (χ3n) is 15.2. The number of ether oxygens (including phenoxy) is 2. The molecule has 1 heterocycles. The number of hydrogen-bond donors (Lipinski definition) is 5. The maximum Gasteiger partial charge on any atom is 0.324 e. The minimum atomic E-state index is -0.938. The maximum atomic E-state index is 13.7. The Balaban J connectivity index is 1.35. The van der Waals surface area contributed by atoms with Crippen LogP contribution in [0, 0.1) is 44.8 Å². The van der Waals surface area contributed by atoms with Crippen LogP contribution < -0.4 is 9.67 Å². The summed E-state index contributed by atoms with van der Waals surface area (Å²) in [5.41, 5.74) is -2.13. The summed E-state index contributed by atoms with van der Waals surface area (Å²) in [6, 6.07) is -0.650. The Kier molecular flexibility index (Phi) is 8.60. The van der Waals surface area contributed by atoms with Crippen LogP contribution in [0.2, 0.25) is 0 Å². The van der Waals surface area contributed by atoms with Gasteiger partial charge in [-0.2, -0.15) is 0 Å². The number of aliphatic hydroxyl groups excluding tert-OH is 2. The highest BCUT2D eigenvalue weighted by Crippen LogP contribution is 2.89. The molecule has 45 heavy (non-hydrogen) atoms. The first kappa shape index (κ1) is 34.7. The summed E-state index contributed by atoms with van der Waals surface area (Å²) in [6.45, 7) is 15.5. The van der Waals surface area contributed by atoms with Gasteiger partial charge in [0.05, 0.1) is 29.5 Å². The zero-order valence-corrected chi connectivity index (χ0v) is 29.9. The van der Waals surface area contributed by atoms with Gasteiger partial charge in [0.1, 0.15) is 12.1 Å². The molecular weight excluding hydrogens is 615 g/mol. The van der Waals surface area contributed by atoms with Crippen molar-refractivity contribution < 1.29 is 29.6 Å². The molecule has 5 N–H and O–H groups in total. The number of nitrogens with one attached hydrogen (secondary N) is 2. The molecule has 6 fully saturated rings. The standard InChI is InChI=1S/C35H58Cl2N2O6/c1-29(2)24(41)10-13-35-19-34(35)15-14-31(5)26(33(7)12-11-25(45-33)30(3,4)43)21(40)18-32(31,6)23(34)17-22(27(29)35)44-28(42)20(39-37)9-8-16-38-36/h20-27,38-41,43H,8-19H2,1-7H3/t20-,21+,22+,23?,24+,25+,26+,27+,31-,32+,33-,34+,35-/m1/s1. The monoisotopic (exact) mass is 672 g/mol. The molecule has 13 atom stereocenters. The summed E-state index contributed by atoms with van der Waals surface area (Å²) >= 11 is 11.7. The lowest BCUT2D eigenvalue weighted by atomic mass is 9.41. The van der Waals surface area contributed by atoms with Gasteiger partial charge in [-0.15, -0.1) is 0 Å². The van der Waals surface area contributed by atoms with E-state index in [2.05, 4.69) is 44.3 Å². The molecule has 0 radical (unpaired) electrons. The molecule has 10 heteroatoms. The van der Waals surface area contributed by atoms with Gasteiger partial charge >= 0.3 is 5.97 Å². The lowest BCUT2D eigenvalue weighted by molar-refractivity contribution is -0.221. The van der Waals surface area contributed by atoms with Gasteiger partial charge in [0, 0.05) is 18.4 Å². The Morgan fingerprint density at radius 3 is 2.33 bits per heavy atom. The van der Waals surface area contributed by atoms with Crippen LogP contribution in [-0.4, -0.2) is 69.5 Å². The van der Waals surface area contributed by atoms with Crippen molar-refractivity contribution in [3.8, 4) is 0 Å². The van der Waals surface area contributed by atoms with Crippen LogP contribution >= 0.6 is 23.6 Å². The van der Waals surface area contributed by atoms with Crippen molar-refractivity contribution in [2.45, 2.75) is 161 Å². The molecule has 5 saturated carbocycles. The first-order valence-electron chi connectivity index (χ1n) is 17.5. The van der Waals surface area contributed by atoms with Crippen LogP contribution in [-0.2, 0) is 14.3 Å². The summed E-state index contributed by atoms with van der Waals surface area (Å²) in [4.78, 5) is 19.0. The van der Waals surface area contributed by atoms with Crippen molar-refractivity contribution in [3.63, 3.8) is 0 Å². The Morgan fingerprint density at radius 1 is 1.00 bits per heavy atom. The van der Waals surface area contributed by atoms with Crippen LogP contribution in [0.5, 0.6) is 0 Å². The summed E-state index contributed by atoms with van der Waals surface area (Å²) in [6.07, 6.45) is 7.50. The summed E-state index contributed by atoms with van der Waals surface area (Å²) in [5, 5.41) is 34.2. The van der Waals surface area contributed by atoms with Gasteiger partial charge in [-0.3, -0.25) is 4.79 Å². The predicted octanol–water partition coefficient (Wildman–Crippen LogP) is 5.62. The molecule has 2 spiro atoms. The van der Waals surface area contributed by atoms with E-state index in [0.717, 1.165) is 51.4 Å². The summed E-state index contributed by atoms with van der Waals surface area (Å²) in [5.74, 6) is -0.0893. The van der Waals surface area contributed by atoms with Gasteiger partial charge in [0.15, 0.2) is 0 Å². The lowest BCUT2D eigenvalue weighted by Crippen LogP contribution is -2.63. The zero-order valence-electron chi connectivity index (χ0n) is 28.4. The van der Waals surface area contributed by atoms with E-state index in [4.69, 9.17) is 33.0 Å². The van der Waals surface area contributed by atoms with Crippen molar-refractivity contribution in [2.75, 3.05) is 6.54 Å². The summed E-state index contributed by atoms with van der Waals surface area (Å²) < 4.78 is 13.3. The van der Waals surface area contributed by atoms with Crippen molar-refractivity contribution in [1.82, 2.24) is 9.67 Å². The van der Waals surface area contributed by atoms with E-state index in [9.17, 15) is 20.1 Å². The van der Waals surface area contributed by atoms with E-state index in [0.29, 0.717) is 25.8 Å². The fraction of sp³-hybridized carbons (Fsp3) is 0.971. The van der Waals surface area contributed by atoms with E-state index >= 15 is 0 Å². The molecule has 1 unspecified atom stereocenters. The highest BCUT2D eigenvalue weighted by atomic mass is 35.5. The Hall–Kier alpha value is -0.190. The molecular formula is C35H58Cl2N2O6. The second-order valence-corrected chi connectivity index (χ2v) is 18.5. The molecule has 6 aliphatic rings. The molecule has 1 saturated heterocycles. The van der Waals surface area contributed by atoms with Gasteiger partial charge in [0.2, 0.25) is 0 Å². The highest BCUT2D eigenvalue weighted by Gasteiger charge is 2.85. The number of rotatable bonds is 9. The molecule has 8 nitrogen and oxygen atoms in total. The fourth-order valence-electron chi connectivity index (χ4n) is 13.0. The normalized spacial score (nSPS) is 50.6. The molecule has 5 aliphatic carbocycles. The third-order valence-corrected chi connectivity index (χ3v) is 15.7. The van der Waals surface area contributed by atoms with Crippen LogP contribution in [0.25, 0.3) is 0 Å². The van der Waals surface area contributed by atoms with Crippen molar-refractivity contribution >= 4 is 29.5 Å².